The number of likely N-dealkylation sites (tertiary alicyclic amines) is 1. The zero-order chi connectivity index (χ0) is 17.5. The lowest BCUT2D eigenvalue weighted by Crippen LogP contribution is -2.46. The number of H-pyrrole nitrogens is 1. The predicted octanol–water partition coefficient (Wildman–Crippen LogP) is 2.81. The Morgan fingerprint density at radius 2 is 2.20 bits per heavy atom. The minimum absolute atomic E-state index is 0.0109. The summed E-state index contributed by atoms with van der Waals surface area (Å²) >= 11 is 0. The van der Waals surface area contributed by atoms with Crippen LogP contribution in [0.25, 0.3) is 0 Å². The van der Waals surface area contributed by atoms with Gasteiger partial charge in [0.2, 0.25) is 0 Å². The number of carbonyl (C=O) groups is 1. The molecule has 1 aromatic carbocycles. The molecular formula is C19H26N4O2. The van der Waals surface area contributed by atoms with Gasteiger partial charge < -0.3 is 20.3 Å². The molecule has 2 atom stereocenters. The van der Waals surface area contributed by atoms with Gasteiger partial charge in [-0.25, -0.2) is 9.78 Å². The van der Waals surface area contributed by atoms with Gasteiger partial charge in [-0.05, 0) is 31.2 Å². The smallest absolute Gasteiger partial charge is 0.318 e. The summed E-state index contributed by atoms with van der Waals surface area (Å²) in [7, 11) is 0. The summed E-state index contributed by atoms with van der Waals surface area (Å²) in [6.07, 6.45) is 7.21. The zero-order valence-corrected chi connectivity index (χ0v) is 14.4. The van der Waals surface area contributed by atoms with Gasteiger partial charge in [0.05, 0.1) is 6.04 Å². The van der Waals surface area contributed by atoms with Crippen LogP contribution in [0, 0.1) is 0 Å². The molecule has 2 unspecified atom stereocenters. The van der Waals surface area contributed by atoms with Crippen molar-refractivity contribution in [3.05, 3.63) is 54.1 Å². The zero-order valence-electron chi connectivity index (χ0n) is 14.4. The molecule has 0 aliphatic carbocycles. The Morgan fingerprint density at radius 3 is 2.92 bits per heavy atom. The molecule has 25 heavy (non-hydrogen) atoms. The van der Waals surface area contributed by atoms with Crippen LogP contribution in [0.2, 0.25) is 0 Å². The molecule has 1 saturated heterocycles. The number of hydrogen-bond acceptors (Lipinski definition) is 3. The summed E-state index contributed by atoms with van der Waals surface area (Å²) in [4.78, 5) is 22.1. The van der Waals surface area contributed by atoms with Gasteiger partial charge in [-0.3, -0.25) is 0 Å². The molecule has 0 saturated carbocycles. The van der Waals surface area contributed by atoms with Gasteiger partial charge in [0.1, 0.15) is 5.82 Å². The third kappa shape index (κ3) is 4.39. The number of aliphatic hydroxyl groups excluding tert-OH is 1. The number of piperidine rings is 1. The van der Waals surface area contributed by atoms with Gasteiger partial charge in [-0.1, -0.05) is 30.3 Å². The molecule has 3 N–H and O–H groups in total. The molecule has 6 heteroatoms. The van der Waals surface area contributed by atoms with E-state index in [0.717, 1.165) is 37.2 Å². The van der Waals surface area contributed by atoms with Crippen LogP contribution < -0.4 is 5.32 Å². The van der Waals surface area contributed by atoms with E-state index in [1.54, 1.807) is 12.4 Å². The number of aromatic amines is 1. The normalized spacial score (nSPS) is 18.8. The summed E-state index contributed by atoms with van der Waals surface area (Å²) in [5.74, 6) is 0.965. The Labute approximate surface area is 148 Å². The maximum atomic E-state index is 12.8. The van der Waals surface area contributed by atoms with Gasteiger partial charge in [0.25, 0.3) is 0 Å². The number of urea groups is 1. The quantitative estimate of drug-likeness (QED) is 0.755. The van der Waals surface area contributed by atoms with Gasteiger partial charge >= 0.3 is 6.03 Å². The average Bonchev–Trinajstić information content (AvgIpc) is 3.20. The lowest BCUT2D eigenvalue weighted by atomic mass is 9.96. The summed E-state index contributed by atoms with van der Waals surface area (Å²) in [5, 5.41) is 12.4. The van der Waals surface area contributed by atoms with Crippen LogP contribution in [0.5, 0.6) is 0 Å². The van der Waals surface area contributed by atoms with Crippen molar-refractivity contribution in [3.63, 3.8) is 0 Å². The van der Waals surface area contributed by atoms with Gasteiger partial charge in [0.15, 0.2) is 0 Å². The van der Waals surface area contributed by atoms with Crippen LogP contribution in [-0.4, -0.2) is 45.7 Å². The standard InChI is InChI=1S/C19H26N4O2/c24-13-9-16(15-6-2-1-3-7-15)14-22-19(25)23-12-5-4-8-17(23)18-20-10-11-21-18/h1-3,6-7,10-11,16-17,24H,4-5,8-9,12-14H2,(H,20,21)(H,22,25). The summed E-state index contributed by atoms with van der Waals surface area (Å²) in [6.45, 7) is 1.37. The van der Waals surface area contributed by atoms with Crippen LogP contribution in [0.4, 0.5) is 4.79 Å². The Morgan fingerprint density at radius 1 is 1.36 bits per heavy atom. The van der Waals surface area contributed by atoms with Crippen molar-refractivity contribution in [3.8, 4) is 0 Å². The van der Waals surface area contributed by atoms with Crippen LogP contribution >= 0.6 is 0 Å². The molecule has 0 bridgehead atoms. The molecule has 134 valence electrons. The SMILES string of the molecule is O=C(NCC(CCO)c1ccccc1)N1CCCCC1c1ncc[nH]1. The first-order valence-electron chi connectivity index (χ1n) is 8.99. The number of amides is 2. The highest BCUT2D eigenvalue weighted by molar-refractivity contribution is 5.74. The minimum Gasteiger partial charge on any atom is -0.396 e. The summed E-state index contributed by atoms with van der Waals surface area (Å²) < 4.78 is 0. The number of imidazole rings is 1. The van der Waals surface area contributed by atoms with Crippen molar-refractivity contribution in [2.75, 3.05) is 19.7 Å². The molecule has 2 amide bonds. The topological polar surface area (TPSA) is 81.2 Å². The Balaban J connectivity index is 1.63. The van der Waals surface area contributed by atoms with Crippen molar-refractivity contribution >= 4 is 6.03 Å². The number of rotatable bonds is 6. The minimum atomic E-state index is -0.0556. The van der Waals surface area contributed by atoms with E-state index in [0.29, 0.717) is 13.0 Å². The maximum absolute atomic E-state index is 12.8. The fraction of sp³-hybridized carbons (Fsp3) is 0.474. The fourth-order valence-electron chi connectivity index (χ4n) is 3.50. The molecule has 3 rings (SSSR count). The van der Waals surface area contributed by atoms with Crippen molar-refractivity contribution in [1.82, 2.24) is 20.2 Å². The number of benzene rings is 1. The number of aromatic nitrogens is 2. The molecular weight excluding hydrogens is 316 g/mol. The molecule has 2 heterocycles. The third-order valence-corrected chi connectivity index (χ3v) is 4.85. The van der Waals surface area contributed by atoms with E-state index in [1.165, 1.54) is 0 Å². The van der Waals surface area contributed by atoms with Crippen molar-refractivity contribution in [2.45, 2.75) is 37.6 Å². The van der Waals surface area contributed by atoms with Crippen LogP contribution in [-0.2, 0) is 0 Å². The molecule has 0 spiro atoms. The first kappa shape index (κ1) is 17.5. The lowest BCUT2D eigenvalue weighted by Gasteiger charge is -2.35. The molecule has 0 radical (unpaired) electrons. The Bertz CT molecular complexity index is 645. The van der Waals surface area contributed by atoms with Crippen LogP contribution in [0.3, 0.4) is 0 Å². The van der Waals surface area contributed by atoms with Crippen LogP contribution in [0.1, 0.15) is 49.0 Å². The van der Waals surface area contributed by atoms with E-state index >= 15 is 0 Å². The largest absolute Gasteiger partial charge is 0.396 e. The Hall–Kier alpha value is -2.34. The van der Waals surface area contributed by atoms with E-state index in [4.69, 9.17) is 0 Å². The molecule has 6 nitrogen and oxygen atoms in total. The monoisotopic (exact) mass is 342 g/mol. The number of aliphatic hydroxyl groups is 1. The second-order valence-electron chi connectivity index (χ2n) is 6.49. The second kappa shape index (κ2) is 8.67. The fourth-order valence-corrected chi connectivity index (χ4v) is 3.50. The van der Waals surface area contributed by atoms with E-state index in [-0.39, 0.29) is 24.6 Å². The Kier molecular flexibility index (Phi) is 6.06. The predicted molar refractivity (Wildman–Crippen MR) is 96.2 cm³/mol. The molecule has 1 fully saturated rings. The molecule has 2 aromatic rings. The van der Waals surface area contributed by atoms with Gasteiger partial charge in [0, 0.05) is 38.0 Å². The van der Waals surface area contributed by atoms with E-state index in [9.17, 15) is 9.90 Å². The number of nitrogens with one attached hydrogen (secondary N) is 2. The van der Waals surface area contributed by atoms with E-state index in [1.807, 2.05) is 35.2 Å². The third-order valence-electron chi connectivity index (χ3n) is 4.85. The summed E-state index contributed by atoms with van der Waals surface area (Å²) in [6, 6.07) is 9.98. The highest BCUT2D eigenvalue weighted by Crippen LogP contribution is 2.28. The van der Waals surface area contributed by atoms with Crippen LogP contribution in [0.15, 0.2) is 42.7 Å². The van der Waals surface area contributed by atoms with Gasteiger partial charge in [-0.2, -0.15) is 0 Å². The number of nitrogens with zero attached hydrogens (tertiary/aromatic N) is 2. The summed E-state index contributed by atoms with van der Waals surface area (Å²) in [5.41, 5.74) is 1.14. The highest BCUT2D eigenvalue weighted by atomic mass is 16.3. The highest BCUT2D eigenvalue weighted by Gasteiger charge is 2.29. The van der Waals surface area contributed by atoms with E-state index < -0.39 is 0 Å². The first-order chi connectivity index (χ1) is 12.3. The molecule has 1 aliphatic rings. The maximum Gasteiger partial charge on any atom is 0.318 e. The number of carbonyl (C=O) groups excluding carboxylic acids is 1. The van der Waals surface area contributed by atoms with Crippen molar-refractivity contribution < 1.29 is 9.90 Å². The molecule has 1 aliphatic heterocycles. The number of hydrogen-bond donors (Lipinski definition) is 3. The van der Waals surface area contributed by atoms with Crippen molar-refractivity contribution in [2.24, 2.45) is 0 Å². The lowest BCUT2D eigenvalue weighted by molar-refractivity contribution is 0.147. The van der Waals surface area contributed by atoms with Crippen molar-refractivity contribution in [1.29, 1.82) is 0 Å². The first-order valence-corrected chi connectivity index (χ1v) is 8.99. The second-order valence-corrected chi connectivity index (χ2v) is 6.49. The molecule has 1 aromatic heterocycles. The average molecular weight is 342 g/mol. The van der Waals surface area contributed by atoms with E-state index in [2.05, 4.69) is 15.3 Å². The van der Waals surface area contributed by atoms with Gasteiger partial charge in [-0.15, -0.1) is 0 Å².